The third-order valence-electron chi connectivity index (χ3n) is 2.56. The Morgan fingerprint density at radius 1 is 1.39 bits per heavy atom. The Hall–Kier alpha value is -1.62. The molecule has 94 valence electrons. The summed E-state index contributed by atoms with van der Waals surface area (Å²) < 4.78 is 5.89. The van der Waals surface area contributed by atoms with Crippen LogP contribution in [0.25, 0.3) is 5.70 Å². The first-order valence-electron chi connectivity index (χ1n) is 5.58. The lowest BCUT2D eigenvalue weighted by atomic mass is 10.1. The highest BCUT2D eigenvalue weighted by Crippen LogP contribution is 2.26. The zero-order valence-corrected chi connectivity index (χ0v) is 11.4. The van der Waals surface area contributed by atoms with E-state index in [9.17, 15) is 9.59 Å². The van der Waals surface area contributed by atoms with Gasteiger partial charge < -0.3 is 10.1 Å². The van der Waals surface area contributed by atoms with Gasteiger partial charge >= 0.3 is 5.97 Å². The van der Waals surface area contributed by atoms with Crippen molar-refractivity contribution >= 4 is 33.5 Å². The van der Waals surface area contributed by atoms with E-state index in [1.165, 1.54) is 0 Å². The molecule has 0 aliphatic carbocycles. The smallest absolute Gasteiger partial charge is 0.336 e. The largest absolute Gasteiger partial charge is 0.463 e. The predicted octanol–water partition coefficient (Wildman–Crippen LogP) is 2.24. The van der Waals surface area contributed by atoms with Gasteiger partial charge in [0.25, 0.3) is 0 Å². The second kappa shape index (κ2) is 5.35. The predicted molar refractivity (Wildman–Crippen MR) is 70.5 cm³/mol. The Bertz CT molecular complexity index is 520. The molecule has 0 fully saturated rings. The van der Waals surface area contributed by atoms with Crippen LogP contribution in [0.15, 0.2) is 34.3 Å². The highest BCUT2D eigenvalue weighted by Gasteiger charge is 2.28. The van der Waals surface area contributed by atoms with Crippen LogP contribution in [-0.2, 0) is 14.3 Å². The lowest BCUT2D eigenvalue weighted by Crippen LogP contribution is -2.14. The molecule has 1 aliphatic rings. The van der Waals surface area contributed by atoms with Gasteiger partial charge in [0, 0.05) is 4.47 Å². The molecule has 0 spiro atoms. The molecule has 4 nitrogen and oxygen atoms in total. The van der Waals surface area contributed by atoms with Crippen molar-refractivity contribution in [3.63, 3.8) is 0 Å². The van der Waals surface area contributed by atoms with E-state index in [1.54, 1.807) is 6.92 Å². The first-order valence-corrected chi connectivity index (χ1v) is 6.37. The molecule has 1 aromatic carbocycles. The van der Waals surface area contributed by atoms with Gasteiger partial charge in [-0.2, -0.15) is 0 Å². The zero-order valence-electron chi connectivity index (χ0n) is 9.83. The van der Waals surface area contributed by atoms with Gasteiger partial charge in [-0.3, -0.25) is 4.79 Å². The Morgan fingerprint density at radius 2 is 2.06 bits per heavy atom. The quantitative estimate of drug-likeness (QED) is 0.871. The minimum atomic E-state index is -0.436. The van der Waals surface area contributed by atoms with Crippen molar-refractivity contribution in [2.45, 2.75) is 13.3 Å². The second-order valence-electron chi connectivity index (χ2n) is 3.81. The standard InChI is InChI=1S/C13H12BrNO3/c1-2-18-13(17)10-7-11(16)15-12(10)8-3-5-9(14)6-4-8/h3-6H,2,7H2,1H3,(H,15,16). The normalized spacial score (nSPS) is 14.7. The summed E-state index contributed by atoms with van der Waals surface area (Å²) in [6.07, 6.45) is 0.0736. The Morgan fingerprint density at radius 3 is 2.67 bits per heavy atom. The average molecular weight is 310 g/mol. The van der Waals surface area contributed by atoms with Gasteiger partial charge in [-0.05, 0) is 24.6 Å². The van der Waals surface area contributed by atoms with Gasteiger partial charge in [-0.25, -0.2) is 4.79 Å². The minimum absolute atomic E-state index is 0.0736. The molecule has 1 aliphatic heterocycles. The van der Waals surface area contributed by atoms with Crippen LogP contribution in [-0.4, -0.2) is 18.5 Å². The van der Waals surface area contributed by atoms with Crippen molar-refractivity contribution in [1.29, 1.82) is 0 Å². The Balaban J connectivity index is 2.37. The molecule has 0 atom stereocenters. The molecule has 18 heavy (non-hydrogen) atoms. The Kier molecular flexibility index (Phi) is 3.81. The van der Waals surface area contributed by atoms with Gasteiger partial charge in [0.15, 0.2) is 0 Å². The summed E-state index contributed by atoms with van der Waals surface area (Å²) in [5, 5.41) is 2.70. The molecule has 0 bridgehead atoms. The van der Waals surface area contributed by atoms with Crippen molar-refractivity contribution in [1.82, 2.24) is 5.32 Å². The first kappa shape index (κ1) is 12.8. The topological polar surface area (TPSA) is 55.4 Å². The minimum Gasteiger partial charge on any atom is -0.463 e. The molecule has 2 rings (SSSR count). The molecule has 5 heteroatoms. The number of benzene rings is 1. The monoisotopic (exact) mass is 309 g/mol. The Labute approximate surface area is 113 Å². The van der Waals surface area contributed by atoms with E-state index in [2.05, 4.69) is 21.2 Å². The average Bonchev–Trinajstić information content (AvgIpc) is 2.73. The fourth-order valence-corrected chi connectivity index (χ4v) is 2.03. The maximum atomic E-state index is 11.8. The summed E-state index contributed by atoms with van der Waals surface area (Å²) in [4.78, 5) is 23.2. The molecule has 0 saturated heterocycles. The first-order chi connectivity index (χ1) is 8.61. The number of nitrogens with one attached hydrogen (secondary N) is 1. The van der Waals surface area contributed by atoms with E-state index in [0.29, 0.717) is 17.9 Å². The van der Waals surface area contributed by atoms with Crippen molar-refractivity contribution in [2.24, 2.45) is 0 Å². The number of hydrogen-bond donors (Lipinski definition) is 1. The van der Waals surface area contributed by atoms with Crippen molar-refractivity contribution in [3.8, 4) is 0 Å². The third kappa shape index (κ3) is 2.61. The van der Waals surface area contributed by atoms with Gasteiger partial charge in [0.1, 0.15) is 0 Å². The van der Waals surface area contributed by atoms with Crippen LogP contribution >= 0.6 is 15.9 Å². The summed E-state index contributed by atoms with van der Waals surface area (Å²) in [5.74, 6) is -0.621. The van der Waals surface area contributed by atoms with Crippen LogP contribution in [0.3, 0.4) is 0 Å². The fraction of sp³-hybridized carbons (Fsp3) is 0.231. The number of carbonyl (C=O) groups excluding carboxylic acids is 2. The second-order valence-corrected chi connectivity index (χ2v) is 4.72. The maximum Gasteiger partial charge on any atom is 0.336 e. The molecule has 0 saturated carbocycles. The van der Waals surface area contributed by atoms with Gasteiger partial charge in [-0.1, -0.05) is 28.1 Å². The molecule has 1 aromatic rings. The molecule has 1 heterocycles. The van der Waals surface area contributed by atoms with Crippen molar-refractivity contribution < 1.29 is 14.3 Å². The van der Waals surface area contributed by atoms with E-state index < -0.39 is 5.97 Å². The summed E-state index contributed by atoms with van der Waals surface area (Å²) in [7, 11) is 0. The van der Waals surface area contributed by atoms with E-state index in [1.807, 2.05) is 24.3 Å². The number of hydrogen-bond acceptors (Lipinski definition) is 3. The van der Waals surface area contributed by atoms with E-state index >= 15 is 0 Å². The number of halogens is 1. The number of esters is 1. The number of ether oxygens (including phenoxy) is 1. The van der Waals surface area contributed by atoms with Crippen LogP contribution in [0.4, 0.5) is 0 Å². The highest BCUT2D eigenvalue weighted by molar-refractivity contribution is 9.10. The summed E-state index contributed by atoms with van der Waals surface area (Å²) in [6.45, 7) is 2.03. The maximum absolute atomic E-state index is 11.8. The van der Waals surface area contributed by atoms with Gasteiger partial charge in [-0.15, -0.1) is 0 Å². The molecule has 0 aromatic heterocycles. The highest BCUT2D eigenvalue weighted by atomic mass is 79.9. The number of amides is 1. The summed E-state index contributed by atoms with van der Waals surface area (Å²) in [5.41, 5.74) is 1.74. The molecule has 0 unspecified atom stereocenters. The SMILES string of the molecule is CCOC(=O)C1=C(c2ccc(Br)cc2)NC(=O)C1. The van der Waals surface area contributed by atoms with Crippen LogP contribution in [0, 0.1) is 0 Å². The number of rotatable bonds is 3. The van der Waals surface area contributed by atoms with Gasteiger partial charge in [0.05, 0.1) is 24.3 Å². The van der Waals surface area contributed by atoms with Crippen LogP contribution < -0.4 is 5.32 Å². The van der Waals surface area contributed by atoms with Crippen molar-refractivity contribution in [2.75, 3.05) is 6.61 Å². The van der Waals surface area contributed by atoms with Crippen molar-refractivity contribution in [3.05, 3.63) is 39.9 Å². The number of carbonyl (C=O) groups is 2. The fourth-order valence-electron chi connectivity index (χ4n) is 1.76. The van der Waals surface area contributed by atoms with E-state index in [4.69, 9.17) is 4.74 Å². The summed E-state index contributed by atoms with van der Waals surface area (Å²) in [6, 6.07) is 7.39. The van der Waals surface area contributed by atoms with Gasteiger partial charge in [0.2, 0.25) is 5.91 Å². The summed E-state index contributed by atoms with van der Waals surface area (Å²) >= 11 is 3.34. The van der Waals surface area contributed by atoms with Crippen LogP contribution in [0.1, 0.15) is 18.9 Å². The third-order valence-corrected chi connectivity index (χ3v) is 3.09. The lowest BCUT2D eigenvalue weighted by Gasteiger charge is -2.06. The van der Waals surface area contributed by atoms with E-state index in [-0.39, 0.29) is 12.3 Å². The van der Waals surface area contributed by atoms with Crippen LogP contribution in [0.2, 0.25) is 0 Å². The van der Waals surface area contributed by atoms with Crippen LogP contribution in [0.5, 0.6) is 0 Å². The van der Waals surface area contributed by atoms with E-state index in [0.717, 1.165) is 10.0 Å². The molecule has 1 N–H and O–H groups in total. The lowest BCUT2D eigenvalue weighted by molar-refractivity contribution is -0.139. The molecular weight excluding hydrogens is 298 g/mol. The molecule has 1 amide bonds. The zero-order chi connectivity index (χ0) is 13.1. The molecular formula is C13H12BrNO3. The molecule has 0 radical (unpaired) electrons.